The summed E-state index contributed by atoms with van der Waals surface area (Å²) in [5.41, 5.74) is 1.95. The zero-order chi connectivity index (χ0) is 18.8. The standard InChI is InChI=1S/C22H32N2O2/c1-6-21-23-18-9-7-8-10-19(18)24(21)16(5)22(25)26-20-13-15(4)11-12-17(20)14(2)3/h7-10,14-17,20H,6,11-13H2,1-5H3/t15-,16+,17?,20-/m0/s1. The summed E-state index contributed by atoms with van der Waals surface area (Å²) in [6.45, 7) is 10.8. The minimum absolute atomic E-state index is 0.0357. The fourth-order valence-electron chi connectivity index (χ4n) is 4.38. The van der Waals surface area contributed by atoms with Gasteiger partial charge in [0.15, 0.2) is 0 Å². The molecule has 4 atom stereocenters. The lowest BCUT2D eigenvalue weighted by atomic mass is 9.75. The smallest absolute Gasteiger partial charge is 0.329 e. The molecule has 1 aromatic carbocycles. The summed E-state index contributed by atoms with van der Waals surface area (Å²) in [7, 11) is 0. The molecule has 0 bridgehead atoms. The van der Waals surface area contributed by atoms with Crippen molar-refractivity contribution in [3.63, 3.8) is 0 Å². The van der Waals surface area contributed by atoms with Gasteiger partial charge in [0, 0.05) is 6.42 Å². The summed E-state index contributed by atoms with van der Waals surface area (Å²) in [5, 5.41) is 0. The maximum atomic E-state index is 13.0. The number of carbonyl (C=O) groups is 1. The highest BCUT2D eigenvalue weighted by Gasteiger charge is 2.35. The van der Waals surface area contributed by atoms with E-state index in [4.69, 9.17) is 9.72 Å². The van der Waals surface area contributed by atoms with Crippen molar-refractivity contribution in [2.75, 3.05) is 0 Å². The van der Waals surface area contributed by atoms with Gasteiger partial charge in [0.1, 0.15) is 18.0 Å². The summed E-state index contributed by atoms with van der Waals surface area (Å²) >= 11 is 0. The van der Waals surface area contributed by atoms with Crippen LogP contribution in [0.4, 0.5) is 0 Å². The molecule has 4 nitrogen and oxygen atoms in total. The second-order valence-electron chi connectivity index (χ2n) is 8.22. The van der Waals surface area contributed by atoms with Gasteiger partial charge >= 0.3 is 5.97 Å². The fraction of sp³-hybridized carbons (Fsp3) is 0.636. The number of aryl methyl sites for hydroxylation is 1. The number of esters is 1. The van der Waals surface area contributed by atoms with Gasteiger partial charge in [-0.05, 0) is 49.7 Å². The van der Waals surface area contributed by atoms with E-state index in [2.05, 4.69) is 27.7 Å². The van der Waals surface area contributed by atoms with Crippen molar-refractivity contribution in [3.05, 3.63) is 30.1 Å². The monoisotopic (exact) mass is 356 g/mol. The largest absolute Gasteiger partial charge is 0.461 e. The van der Waals surface area contributed by atoms with Gasteiger partial charge in [0.05, 0.1) is 11.0 Å². The van der Waals surface area contributed by atoms with E-state index in [1.54, 1.807) is 0 Å². The van der Waals surface area contributed by atoms with Crippen LogP contribution in [0.3, 0.4) is 0 Å². The van der Waals surface area contributed by atoms with Gasteiger partial charge in [-0.1, -0.05) is 46.2 Å². The molecule has 4 heteroatoms. The Morgan fingerprint density at radius 1 is 1.27 bits per heavy atom. The molecule has 1 unspecified atom stereocenters. The first kappa shape index (κ1) is 18.9. The fourth-order valence-corrected chi connectivity index (χ4v) is 4.38. The van der Waals surface area contributed by atoms with Crippen molar-refractivity contribution in [3.8, 4) is 0 Å². The molecule has 0 N–H and O–H groups in total. The quantitative estimate of drug-likeness (QED) is 0.695. The third-order valence-corrected chi connectivity index (χ3v) is 5.94. The molecule has 26 heavy (non-hydrogen) atoms. The van der Waals surface area contributed by atoms with Gasteiger partial charge < -0.3 is 9.30 Å². The van der Waals surface area contributed by atoms with Gasteiger partial charge in [0.2, 0.25) is 0 Å². The van der Waals surface area contributed by atoms with E-state index in [1.807, 2.05) is 35.8 Å². The minimum atomic E-state index is -0.359. The Bertz CT molecular complexity index is 765. The number of aromatic nitrogens is 2. The van der Waals surface area contributed by atoms with Crippen LogP contribution < -0.4 is 0 Å². The van der Waals surface area contributed by atoms with Crippen LogP contribution >= 0.6 is 0 Å². The molecular weight excluding hydrogens is 324 g/mol. The molecular formula is C22H32N2O2. The maximum absolute atomic E-state index is 13.0. The lowest BCUT2D eigenvalue weighted by Crippen LogP contribution is -2.37. The van der Waals surface area contributed by atoms with E-state index in [9.17, 15) is 4.79 Å². The van der Waals surface area contributed by atoms with E-state index >= 15 is 0 Å². The number of benzene rings is 1. The van der Waals surface area contributed by atoms with Crippen LogP contribution in [0.15, 0.2) is 24.3 Å². The first-order chi connectivity index (χ1) is 12.4. The van der Waals surface area contributed by atoms with Gasteiger partial charge in [-0.3, -0.25) is 0 Å². The summed E-state index contributed by atoms with van der Waals surface area (Å²) in [4.78, 5) is 17.7. The molecule has 1 heterocycles. The lowest BCUT2D eigenvalue weighted by Gasteiger charge is -2.37. The van der Waals surface area contributed by atoms with E-state index < -0.39 is 0 Å². The number of imidazole rings is 1. The number of nitrogens with zero attached hydrogens (tertiary/aromatic N) is 2. The Hall–Kier alpha value is -1.84. The van der Waals surface area contributed by atoms with Gasteiger partial charge in [-0.25, -0.2) is 9.78 Å². The number of carbonyl (C=O) groups excluding carboxylic acids is 1. The zero-order valence-electron chi connectivity index (χ0n) is 16.7. The van der Waals surface area contributed by atoms with Crippen LogP contribution in [0.2, 0.25) is 0 Å². The highest BCUT2D eigenvalue weighted by molar-refractivity contribution is 5.81. The van der Waals surface area contributed by atoms with E-state index in [0.717, 1.165) is 36.1 Å². The first-order valence-corrected chi connectivity index (χ1v) is 10.1. The highest BCUT2D eigenvalue weighted by atomic mass is 16.5. The number of hydrogen-bond donors (Lipinski definition) is 0. The number of hydrogen-bond acceptors (Lipinski definition) is 3. The highest BCUT2D eigenvalue weighted by Crippen LogP contribution is 2.36. The first-order valence-electron chi connectivity index (χ1n) is 10.1. The molecule has 1 saturated carbocycles. The van der Waals surface area contributed by atoms with Crippen molar-refractivity contribution < 1.29 is 9.53 Å². The zero-order valence-corrected chi connectivity index (χ0v) is 16.7. The predicted molar refractivity (Wildman–Crippen MR) is 105 cm³/mol. The van der Waals surface area contributed by atoms with Crippen LogP contribution in [-0.4, -0.2) is 21.6 Å². The Morgan fingerprint density at radius 2 is 2.00 bits per heavy atom. The van der Waals surface area contributed by atoms with E-state index in [0.29, 0.717) is 17.8 Å². The van der Waals surface area contributed by atoms with Crippen molar-refractivity contribution >= 4 is 17.0 Å². The van der Waals surface area contributed by atoms with Gasteiger partial charge in [0.25, 0.3) is 0 Å². The normalized spacial score (nSPS) is 24.8. The summed E-state index contributed by atoms with van der Waals surface area (Å²) in [6, 6.07) is 7.65. The lowest BCUT2D eigenvalue weighted by molar-refractivity contribution is -0.159. The molecule has 0 spiro atoms. The average Bonchev–Trinajstić information content (AvgIpc) is 2.99. The molecule has 0 amide bonds. The Kier molecular flexibility index (Phi) is 5.69. The van der Waals surface area contributed by atoms with Crippen molar-refractivity contribution in [2.24, 2.45) is 17.8 Å². The molecule has 142 valence electrons. The van der Waals surface area contributed by atoms with Crippen LogP contribution in [0.1, 0.15) is 65.7 Å². The molecule has 1 aliphatic carbocycles. The third kappa shape index (κ3) is 3.65. The van der Waals surface area contributed by atoms with Crippen molar-refractivity contribution in [1.82, 2.24) is 9.55 Å². The number of ether oxygens (including phenoxy) is 1. The predicted octanol–water partition coefficient (Wildman–Crippen LogP) is 5.16. The molecule has 0 radical (unpaired) electrons. The SMILES string of the molecule is CCc1nc2ccccc2n1[C@H](C)C(=O)O[C@H]1C[C@@H](C)CCC1C(C)C. The van der Waals surface area contributed by atoms with Crippen LogP contribution in [0, 0.1) is 17.8 Å². The molecule has 0 saturated heterocycles. The second-order valence-corrected chi connectivity index (χ2v) is 8.22. The molecule has 1 aliphatic rings. The summed E-state index contributed by atoms with van der Waals surface area (Å²) in [6.07, 6.45) is 4.19. The minimum Gasteiger partial charge on any atom is -0.461 e. The average molecular weight is 357 g/mol. The van der Waals surface area contributed by atoms with E-state index in [1.165, 1.54) is 6.42 Å². The summed E-state index contributed by atoms with van der Waals surface area (Å²) < 4.78 is 8.13. The van der Waals surface area contributed by atoms with Crippen LogP contribution in [0.5, 0.6) is 0 Å². The van der Waals surface area contributed by atoms with Gasteiger partial charge in [-0.2, -0.15) is 0 Å². The molecule has 1 aromatic heterocycles. The number of fused-ring (bicyclic) bond motifs is 1. The molecule has 0 aliphatic heterocycles. The maximum Gasteiger partial charge on any atom is 0.329 e. The Morgan fingerprint density at radius 3 is 2.69 bits per heavy atom. The van der Waals surface area contributed by atoms with Crippen molar-refractivity contribution in [2.45, 2.75) is 72.4 Å². The van der Waals surface area contributed by atoms with Gasteiger partial charge in [-0.15, -0.1) is 0 Å². The van der Waals surface area contributed by atoms with Crippen LogP contribution in [-0.2, 0) is 16.0 Å². The third-order valence-electron chi connectivity index (χ3n) is 5.94. The summed E-state index contributed by atoms with van der Waals surface area (Å²) in [5.74, 6) is 2.43. The molecule has 3 rings (SSSR count). The van der Waals surface area contributed by atoms with Crippen molar-refractivity contribution in [1.29, 1.82) is 0 Å². The number of rotatable bonds is 5. The number of para-hydroxylation sites is 2. The van der Waals surface area contributed by atoms with Crippen LogP contribution in [0.25, 0.3) is 11.0 Å². The molecule has 1 fully saturated rings. The Labute approximate surface area is 156 Å². The molecule has 2 aromatic rings. The second kappa shape index (κ2) is 7.81. The topological polar surface area (TPSA) is 44.1 Å². The Balaban J connectivity index is 1.83. The van der Waals surface area contributed by atoms with E-state index in [-0.39, 0.29) is 18.1 Å².